The summed E-state index contributed by atoms with van der Waals surface area (Å²) in [5, 5.41) is 4.80. The van der Waals surface area contributed by atoms with E-state index < -0.39 is 0 Å². The molecule has 0 aliphatic carbocycles. The maximum absolute atomic E-state index is 13.4. The van der Waals surface area contributed by atoms with E-state index in [1.807, 2.05) is 62.4 Å². The Kier molecular flexibility index (Phi) is 6.80. The highest BCUT2D eigenvalue weighted by molar-refractivity contribution is 6.07. The van der Waals surface area contributed by atoms with Gasteiger partial charge in [-0.1, -0.05) is 38.1 Å². The Balaban J connectivity index is 1.95. The summed E-state index contributed by atoms with van der Waals surface area (Å²) in [6.45, 7) is 3.98. The van der Waals surface area contributed by atoms with Gasteiger partial charge < -0.3 is 19.7 Å². The highest BCUT2D eigenvalue weighted by Crippen LogP contribution is 2.28. The second-order valence-electron chi connectivity index (χ2n) is 7.73. The smallest absolute Gasteiger partial charge is 0.256 e. The Hall–Kier alpha value is -3.54. The minimum atomic E-state index is -0.198. The number of carbonyl (C=O) groups excluding carboxylic acids is 2. The van der Waals surface area contributed by atoms with E-state index in [0.29, 0.717) is 29.3 Å². The zero-order chi connectivity index (χ0) is 22.5. The number of methoxy groups -OCH3 is 2. The fraction of sp³-hybridized carbons (Fsp3) is 0.280. The summed E-state index contributed by atoms with van der Waals surface area (Å²) in [5.74, 6) is 0.802. The molecule has 0 aliphatic rings. The minimum Gasteiger partial charge on any atom is -0.497 e. The highest BCUT2D eigenvalue weighted by Gasteiger charge is 2.20. The van der Waals surface area contributed by atoms with Crippen LogP contribution in [0, 0.1) is 5.92 Å². The van der Waals surface area contributed by atoms with Crippen LogP contribution in [0.3, 0.4) is 0 Å². The van der Waals surface area contributed by atoms with Crippen LogP contribution in [0.2, 0.25) is 0 Å². The van der Waals surface area contributed by atoms with E-state index in [9.17, 15) is 9.59 Å². The molecule has 0 saturated heterocycles. The Bertz CT molecular complexity index is 1110. The third-order valence-electron chi connectivity index (χ3n) is 5.15. The first-order valence-electron chi connectivity index (χ1n) is 10.1. The van der Waals surface area contributed by atoms with Crippen molar-refractivity contribution in [3.63, 3.8) is 0 Å². The molecule has 6 nitrogen and oxygen atoms in total. The molecule has 0 bridgehead atoms. The van der Waals surface area contributed by atoms with Crippen molar-refractivity contribution in [1.29, 1.82) is 0 Å². The lowest BCUT2D eigenvalue weighted by atomic mass is 10.0. The van der Waals surface area contributed by atoms with Crippen LogP contribution in [0.5, 0.6) is 11.5 Å². The average Bonchev–Trinajstić information content (AvgIpc) is 2.78. The van der Waals surface area contributed by atoms with Crippen molar-refractivity contribution < 1.29 is 19.1 Å². The molecule has 0 spiro atoms. The Morgan fingerprint density at radius 1 is 0.968 bits per heavy atom. The maximum Gasteiger partial charge on any atom is 0.256 e. The number of hydrogen-bond donors (Lipinski definition) is 1. The van der Waals surface area contributed by atoms with Crippen molar-refractivity contribution in [3.8, 4) is 11.5 Å². The first kappa shape index (κ1) is 22.2. The van der Waals surface area contributed by atoms with Crippen LogP contribution in [0.4, 0.5) is 5.69 Å². The minimum absolute atomic E-state index is 0.135. The van der Waals surface area contributed by atoms with Crippen molar-refractivity contribution in [2.24, 2.45) is 5.92 Å². The number of carbonyl (C=O) groups is 2. The van der Waals surface area contributed by atoms with Gasteiger partial charge in [-0.05, 0) is 35.0 Å². The molecule has 0 aliphatic heterocycles. The van der Waals surface area contributed by atoms with Crippen LogP contribution in [0.25, 0.3) is 10.8 Å². The fourth-order valence-electron chi connectivity index (χ4n) is 3.31. The van der Waals surface area contributed by atoms with Crippen molar-refractivity contribution in [3.05, 3.63) is 65.7 Å². The Labute approximate surface area is 182 Å². The molecule has 0 atom stereocenters. The van der Waals surface area contributed by atoms with E-state index in [1.54, 1.807) is 32.2 Å². The van der Waals surface area contributed by atoms with Crippen LogP contribution in [-0.2, 0) is 11.3 Å². The summed E-state index contributed by atoms with van der Waals surface area (Å²) in [6.07, 6.45) is 0. The summed E-state index contributed by atoms with van der Waals surface area (Å²) >= 11 is 0. The summed E-state index contributed by atoms with van der Waals surface area (Å²) in [7, 11) is 4.91. The van der Waals surface area contributed by atoms with Gasteiger partial charge >= 0.3 is 0 Å². The van der Waals surface area contributed by atoms with Gasteiger partial charge in [-0.15, -0.1) is 0 Å². The number of benzene rings is 3. The lowest BCUT2D eigenvalue weighted by Crippen LogP contribution is -2.28. The van der Waals surface area contributed by atoms with Gasteiger partial charge in [-0.25, -0.2) is 0 Å². The van der Waals surface area contributed by atoms with Gasteiger partial charge in [-0.2, -0.15) is 0 Å². The fourth-order valence-corrected chi connectivity index (χ4v) is 3.31. The molecular formula is C25H28N2O4. The number of anilines is 1. The van der Waals surface area contributed by atoms with E-state index >= 15 is 0 Å². The predicted octanol–water partition coefficient (Wildman–Crippen LogP) is 4.72. The van der Waals surface area contributed by atoms with Gasteiger partial charge in [0, 0.05) is 31.1 Å². The quantitative estimate of drug-likeness (QED) is 0.600. The van der Waals surface area contributed by atoms with E-state index in [1.165, 1.54) is 0 Å². The van der Waals surface area contributed by atoms with Crippen molar-refractivity contribution in [1.82, 2.24) is 4.90 Å². The van der Waals surface area contributed by atoms with Gasteiger partial charge in [0.1, 0.15) is 11.5 Å². The molecule has 0 heterocycles. The van der Waals surface area contributed by atoms with Crippen LogP contribution in [0.1, 0.15) is 29.8 Å². The number of rotatable bonds is 7. The number of hydrogen-bond acceptors (Lipinski definition) is 4. The van der Waals surface area contributed by atoms with Gasteiger partial charge in [0.15, 0.2) is 0 Å². The van der Waals surface area contributed by atoms with E-state index in [0.717, 1.165) is 16.3 Å². The molecule has 31 heavy (non-hydrogen) atoms. The number of nitrogens with zero attached hydrogens (tertiary/aromatic N) is 1. The second-order valence-corrected chi connectivity index (χ2v) is 7.73. The SMILES string of the molecule is COc1ccc(CN(C)C(=O)c2cc3ccccc3cc2NC(=O)C(C)C)c(OC)c1. The third-order valence-corrected chi connectivity index (χ3v) is 5.15. The predicted molar refractivity (Wildman–Crippen MR) is 123 cm³/mol. The molecule has 6 heteroatoms. The summed E-state index contributed by atoms with van der Waals surface area (Å²) in [5.41, 5.74) is 1.81. The van der Waals surface area contributed by atoms with Crippen LogP contribution >= 0.6 is 0 Å². The molecule has 0 radical (unpaired) electrons. The molecule has 0 unspecified atom stereocenters. The molecule has 0 saturated carbocycles. The molecule has 162 valence electrons. The number of fused-ring (bicyclic) bond motifs is 1. The summed E-state index contributed by atoms with van der Waals surface area (Å²) in [4.78, 5) is 27.4. The number of nitrogens with one attached hydrogen (secondary N) is 1. The molecule has 3 aromatic carbocycles. The molecule has 2 amide bonds. The second kappa shape index (κ2) is 9.51. The molecular weight excluding hydrogens is 392 g/mol. The zero-order valence-electron chi connectivity index (χ0n) is 18.6. The largest absolute Gasteiger partial charge is 0.497 e. The molecule has 3 rings (SSSR count). The molecule has 0 aromatic heterocycles. The normalized spacial score (nSPS) is 10.8. The summed E-state index contributed by atoms with van der Waals surface area (Å²) < 4.78 is 10.7. The lowest BCUT2D eigenvalue weighted by molar-refractivity contribution is -0.118. The van der Waals surface area contributed by atoms with Gasteiger partial charge in [0.05, 0.1) is 25.5 Å². The summed E-state index contributed by atoms with van der Waals surface area (Å²) in [6, 6.07) is 16.9. The molecule has 0 fully saturated rings. The number of ether oxygens (including phenoxy) is 2. The monoisotopic (exact) mass is 420 g/mol. The molecule has 3 aromatic rings. The van der Waals surface area contributed by atoms with E-state index in [4.69, 9.17) is 9.47 Å². The zero-order valence-corrected chi connectivity index (χ0v) is 18.6. The molecule has 1 N–H and O–H groups in total. The van der Waals surface area contributed by atoms with Crippen LogP contribution in [-0.4, -0.2) is 38.0 Å². The number of amides is 2. The van der Waals surface area contributed by atoms with Gasteiger partial charge in [0.2, 0.25) is 5.91 Å². The lowest BCUT2D eigenvalue weighted by Gasteiger charge is -2.21. The van der Waals surface area contributed by atoms with E-state index in [2.05, 4.69) is 5.32 Å². The van der Waals surface area contributed by atoms with Crippen molar-refractivity contribution in [2.75, 3.05) is 26.6 Å². The standard InChI is InChI=1S/C25H28N2O4/c1-16(2)24(28)26-22-13-18-9-7-6-8-17(18)12-21(22)25(29)27(3)15-19-10-11-20(30-4)14-23(19)31-5/h6-14,16H,15H2,1-5H3,(H,26,28). The van der Waals surface area contributed by atoms with Crippen LogP contribution < -0.4 is 14.8 Å². The van der Waals surface area contributed by atoms with E-state index in [-0.39, 0.29) is 17.7 Å². The van der Waals surface area contributed by atoms with Gasteiger partial charge in [0.25, 0.3) is 5.91 Å². The highest BCUT2D eigenvalue weighted by atomic mass is 16.5. The first-order chi connectivity index (χ1) is 14.8. The Morgan fingerprint density at radius 2 is 1.65 bits per heavy atom. The Morgan fingerprint density at radius 3 is 2.26 bits per heavy atom. The topological polar surface area (TPSA) is 67.9 Å². The first-order valence-corrected chi connectivity index (χ1v) is 10.1. The average molecular weight is 421 g/mol. The third kappa shape index (κ3) is 4.97. The maximum atomic E-state index is 13.4. The van der Waals surface area contributed by atoms with Crippen LogP contribution in [0.15, 0.2) is 54.6 Å². The van der Waals surface area contributed by atoms with Crippen molar-refractivity contribution >= 4 is 28.3 Å². The van der Waals surface area contributed by atoms with Gasteiger partial charge in [-0.3, -0.25) is 9.59 Å². The van der Waals surface area contributed by atoms with Crippen molar-refractivity contribution in [2.45, 2.75) is 20.4 Å².